The summed E-state index contributed by atoms with van der Waals surface area (Å²) in [6, 6.07) is 2.73. The van der Waals surface area contributed by atoms with Gasteiger partial charge in [0, 0.05) is 6.42 Å². The van der Waals surface area contributed by atoms with Gasteiger partial charge in [-0.1, -0.05) is 0 Å². The number of benzene rings is 1. The smallest absolute Gasteiger partial charge is 0.324 e. The molecule has 1 aromatic carbocycles. The Morgan fingerprint density at radius 1 is 1.45 bits per heavy atom. The van der Waals surface area contributed by atoms with E-state index in [-0.39, 0.29) is 4.90 Å². The van der Waals surface area contributed by atoms with Gasteiger partial charge in [0.2, 0.25) is 10.0 Å². The van der Waals surface area contributed by atoms with Crippen molar-refractivity contribution in [2.24, 2.45) is 0 Å². The van der Waals surface area contributed by atoms with Gasteiger partial charge in [-0.25, -0.2) is 8.42 Å². The summed E-state index contributed by atoms with van der Waals surface area (Å²) in [5.74, 6) is -0.803. The average Bonchev–Trinajstić information content (AvgIpc) is 2.82. The number of nitrogens with one attached hydrogen (secondary N) is 1. The van der Waals surface area contributed by atoms with Gasteiger partial charge in [-0.05, 0) is 30.7 Å². The van der Waals surface area contributed by atoms with Gasteiger partial charge in [0.25, 0.3) is 0 Å². The van der Waals surface area contributed by atoms with Crippen LogP contribution in [0.4, 0.5) is 0 Å². The number of aliphatic hydroxyl groups excluding tert-OH is 1. The minimum absolute atomic E-state index is 0.0475. The van der Waals surface area contributed by atoms with E-state index in [1.807, 2.05) is 4.72 Å². The topological polar surface area (TPSA) is 113 Å². The number of rotatable bonds is 5. The van der Waals surface area contributed by atoms with E-state index in [0.29, 0.717) is 18.8 Å². The van der Waals surface area contributed by atoms with E-state index in [1.54, 1.807) is 0 Å². The zero-order valence-electron chi connectivity index (χ0n) is 10.7. The molecule has 0 bridgehead atoms. The standard InChI is InChI=1S/C12H15NO6S/c1-7(14)11(12(15)16)13-20(17,18)9-2-3-10-8(6-9)4-5-19-10/h2-3,6-7,11,13-14H,4-5H2,1H3,(H,15,16)/t7-,11+/m1/s1. The lowest BCUT2D eigenvalue weighted by Gasteiger charge is -2.17. The fourth-order valence-corrected chi connectivity index (χ4v) is 3.23. The van der Waals surface area contributed by atoms with Crippen LogP contribution in [0.5, 0.6) is 5.75 Å². The SMILES string of the molecule is C[C@@H](O)[C@H](NS(=O)(=O)c1ccc2c(c1)CCO2)C(=O)O. The minimum atomic E-state index is -4.02. The molecular formula is C12H15NO6S. The first-order chi connectivity index (χ1) is 9.31. The third kappa shape index (κ3) is 2.92. The van der Waals surface area contributed by atoms with Crippen molar-refractivity contribution in [1.29, 1.82) is 0 Å². The highest BCUT2D eigenvalue weighted by molar-refractivity contribution is 7.89. The van der Waals surface area contributed by atoms with Gasteiger partial charge in [0.05, 0.1) is 17.6 Å². The fourth-order valence-electron chi connectivity index (χ4n) is 1.92. The van der Waals surface area contributed by atoms with Crippen molar-refractivity contribution in [2.75, 3.05) is 6.61 Å². The van der Waals surface area contributed by atoms with Gasteiger partial charge in [-0.15, -0.1) is 0 Å². The van der Waals surface area contributed by atoms with Crippen molar-refractivity contribution in [3.63, 3.8) is 0 Å². The highest BCUT2D eigenvalue weighted by Crippen LogP contribution is 2.27. The number of ether oxygens (including phenoxy) is 1. The molecule has 0 radical (unpaired) electrons. The molecule has 0 aliphatic carbocycles. The van der Waals surface area contributed by atoms with Crippen molar-refractivity contribution >= 4 is 16.0 Å². The monoisotopic (exact) mass is 301 g/mol. The molecule has 7 nitrogen and oxygen atoms in total. The maximum atomic E-state index is 12.1. The molecule has 0 spiro atoms. The Kier molecular flexibility index (Phi) is 3.98. The predicted molar refractivity (Wildman–Crippen MR) is 69.1 cm³/mol. The number of hydrogen-bond donors (Lipinski definition) is 3. The molecule has 0 unspecified atom stereocenters. The summed E-state index contributed by atoms with van der Waals surface area (Å²) in [6.45, 7) is 1.70. The summed E-state index contributed by atoms with van der Waals surface area (Å²) < 4.78 is 31.5. The maximum absolute atomic E-state index is 12.1. The van der Waals surface area contributed by atoms with Crippen molar-refractivity contribution in [2.45, 2.75) is 30.4 Å². The molecule has 1 aromatic rings. The molecular weight excluding hydrogens is 286 g/mol. The number of carboxylic acids is 1. The summed E-state index contributed by atoms with van der Waals surface area (Å²) in [6.07, 6.45) is -0.739. The number of aliphatic hydroxyl groups is 1. The molecule has 1 aliphatic heterocycles. The molecule has 1 heterocycles. The van der Waals surface area contributed by atoms with Crippen LogP contribution in [0, 0.1) is 0 Å². The number of hydrogen-bond acceptors (Lipinski definition) is 5. The Balaban J connectivity index is 2.28. The van der Waals surface area contributed by atoms with E-state index in [0.717, 1.165) is 5.56 Å². The predicted octanol–water partition coefficient (Wildman–Crippen LogP) is -0.266. The van der Waals surface area contributed by atoms with Crippen LogP contribution in [-0.2, 0) is 21.2 Å². The van der Waals surface area contributed by atoms with Crippen molar-refractivity contribution in [3.05, 3.63) is 23.8 Å². The number of carboxylic acid groups (broad SMARTS) is 1. The van der Waals surface area contributed by atoms with Gasteiger partial charge >= 0.3 is 5.97 Å². The van der Waals surface area contributed by atoms with Gasteiger partial charge < -0.3 is 14.9 Å². The molecule has 0 saturated carbocycles. The number of fused-ring (bicyclic) bond motifs is 1. The van der Waals surface area contributed by atoms with Crippen molar-refractivity contribution in [3.8, 4) is 5.75 Å². The van der Waals surface area contributed by atoms with E-state index in [2.05, 4.69) is 0 Å². The van der Waals surface area contributed by atoms with Gasteiger partial charge in [-0.3, -0.25) is 4.79 Å². The van der Waals surface area contributed by atoms with Crippen molar-refractivity contribution < 1.29 is 28.2 Å². The van der Waals surface area contributed by atoms with Crippen LogP contribution in [0.3, 0.4) is 0 Å². The van der Waals surface area contributed by atoms with Crippen molar-refractivity contribution in [1.82, 2.24) is 4.72 Å². The zero-order valence-corrected chi connectivity index (χ0v) is 11.6. The first kappa shape index (κ1) is 14.8. The van der Waals surface area contributed by atoms with Crippen LogP contribution >= 0.6 is 0 Å². The second kappa shape index (κ2) is 5.39. The van der Waals surface area contributed by atoms with Gasteiger partial charge in [0.15, 0.2) is 0 Å². The zero-order chi connectivity index (χ0) is 14.9. The summed E-state index contributed by atoms with van der Waals surface area (Å²) in [4.78, 5) is 10.9. The quantitative estimate of drug-likeness (QED) is 0.690. The fraction of sp³-hybridized carbons (Fsp3) is 0.417. The molecule has 20 heavy (non-hydrogen) atoms. The number of sulfonamides is 1. The normalized spacial score (nSPS) is 17.1. The third-order valence-electron chi connectivity index (χ3n) is 3.00. The highest BCUT2D eigenvalue weighted by Gasteiger charge is 2.29. The van der Waals surface area contributed by atoms with Crippen LogP contribution < -0.4 is 9.46 Å². The van der Waals surface area contributed by atoms with E-state index in [9.17, 15) is 18.3 Å². The van der Waals surface area contributed by atoms with Crippen LogP contribution in [0.2, 0.25) is 0 Å². The Morgan fingerprint density at radius 2 is 2.15 bits per heavy atom. The molecule has 0 amide bonds. The van der Waals surface area contributed by atoms with E-state index < -0.39 is 28.1 Å². The van der Waals surface area contributed by atoms with E-state index in [4.69, 9.17) is 9.84 Å². The average molecular weight is 301 g/mol. The van der Waals surface area contributed by atoms with Crippen LogP contribution in [0.1, 0.15) is 12.5 Å². The van der Waals surface area contributed by atoms with E-state index >= 15 is 0 Å². The molecule has 1 aliphatic rings. The first-order valence-corrected chi connectivity index (χ1v) is 7.48. The molecule has 8 heteroatoms. The number of aliphatic carboxylic acids is 1. The minimum Gasteiger partial charge on any atom is -0.493 e. The molecule has 2 rings (SSSR count). The summed E-state index contributed by atoms with van der Waals surface area (Å²) in [7, 11) is -4.02. The Bertz CT molecular complexity index is 625. The molecule has 3 N–H and O–H groups in total. The Morgan fingerprint density at radius 3 is 2.75 bits per heavy atom. The van der Waals surface area contributed by atoms with Gasteiger partial charge in [0.1, 0.15) is 11.8 Å². The second-order valence-corrected chi connectivity index (χ2v) is 6.26. The molecule has 110 valence electrons. The lowest BCUT2D eigenvalue weighted by atomic mass is 10.2. The van der Waals surface area contributed by atoms with Crippen LogP contribution in [-0.4, -0.2) is 43.4 Å². The largest absolute Gasteiger partial charge is 0.493 e. The lowest BCUT2D eigenvalue weighted by Crippen LogP contribution is -2.47. The second-order valence-electron chi connectivity index (χ2n) is 4.55. The summed E-state index contributed by atoms with van der Waals surface area (Å²) >= 11 is 0. The lowest BCUT2D eigenvalue weighted by molar-refractivity contribution is -0.141. The summed E-state index contributed by atoms with van der Waals surface area (Å²) in [5, 5.41) is 18.2. The highest BCUT2D eigenvalue weighted by atomic mass is 32.2. The number of carbonyl (C=O) groups is 1. The maximum Gasteiger partial charge on any atom is 0.324 e. The molecule has 0 saturated heterocycles. The molecule has 2 atom stereocenters. The molecule has 0 aromatic heterocycles. The van der Waals surface area contributed by atoms with Crippen LogP contribution in [0.25, 0.3) is 0 Å². The first-order valence-electron chi connectivity index (χ1n) is 6.00. The van der Waals surface area contributed by atoms with Crippen LogP contribution in [0.15, 0.2) is 23.1 Å². The Hall–Kier alpha value is -1.64. The van der Waals surface area contributed by atoms with E-state index in [1.165, 1.54) is 25.1 Å². The summed E-state index contributed by atoms with van der Waals surface area (Å²) in [5.41, 5.74) is 0.761. The Labute approximate surface area is 116 Å². The van der Waals surface area contributed by atoms with Gasteiger partial charge in [-0.2, -0.15) is 4.72 Å². The third-order valence-corrected chi connectivity index (χ3v) is 4.44. The molecule has 0 fully saturated rings.